The van der Waals surface area contributed by atoms with E-state index in [1.807, 2.05) is 39.0 Å². The Balaban J connectivity index is 1.91. The molecule has 33 heavy (non-hydrogen) atoms. The van der Waals surface area contributed by atoms with Crippen molar-refractivity contribution in [1.29, 1.82) is 0 Å². The van der Waals surface area contributed by atoms with Gasteiger partial charge in [-0.25, -0.2) is 0 Å². The minimum absolute atomic E-state index is 0.0677. The number of rotatable bonds is 6. The first-order chi connectivity index (χ1) is 15.9. The topological polar surface area (TPSA) is 68.2 Å². The molecule has 172 valence electrons. The molecule has 0 aliphatic carbocycles. The second-order valence-corrected chi connectivity index (χ2v) is 9.56. The van der Waals surface area contributed by atoms with E-state index in [0.717, 1.165) is 35.3 Å². The SMILES string of the molecule is CCCCSc1nnc2c(n1)O[C@H](c1ccc(C)cc1C)N(C(=O)CC)c1ccc(Cl)cc1-2. The summed E-state index contributed by atoms with van der Waals surface area (Å²) >= 11 is 7.90. The molecule has 0 saturated carbocycles. The predicted molar refractivity (Wildman–Crippen MR) is 133 cm³/mol. The van der Waals surface area contributed by atoms with Gasteiger partial charge in [-0.3, -0.25) is 9.69 Å². The van der Waals surface area contributed by atoms with Crippen LogP contribution in [0.4, 0.5) is 5.69 Å². The number of anilines is 1. The Morgan fingerprint density at radius 2 is 1.97 bits per heavy atom. The molecule has 0 fully saturated rings. The zero-order valence-electron chi connectivity index (χ0n) is 19.3. The summed E-state index contributed by atoms with van der Waals surface area (Å²) in [5.74, 6) is 1.19. The van der Waals surface area contributed by atoms with Gasteiger partial charge in [0.05, 0.1) is 5.69 Å². The van der Waals surface area contributed by atoms with E-state index in [0.29, 0.717) is 39.4 Å². The molecular formula is C25H27ClN4O2S. The lowest BCUT2D eigenvalue weighted by atomic mass is 10.0. The van der Waals surface area contributed by atoms with E-state index in [4.69, 9.17) is 21.3 Å². The average Bonchev–Trinajstić information content (AvgIpc) is 2.93. The molecule has 0 bridgehead atoms. The second-order valence-electron chi connectivity index (χ2n) is 8.06. The van der Waals surface area contributed by atoms with E-state index in [-0.39, 0.29) is 5.91 Å². The van der Waals surface area contributed by atoms with Crippen molar-refractivity contribution >= 4 is 35.0 Å². The Hall–Kier alpha value is -2.64. The largest absolute Gasteiger partial charge is 0.447 e. The Morgan fingerprint density at radius 1 is 1.15 bits per heavy atom. The average molecular weight is 483 g/mol. The third-order valence-electron chi connectivity index (χ3n) is 5.56. The van der Waals surface area contributed by atoms with Gasteiger partial charge in [0.15, 0.2) is 5.69 Å². The van der Waals surface area contributed by atoms with E-state index in [1.54, 1.807) is 28.8 Å². The van der Waals surface area contributed by atoms with Crippen LogP contribution in [0.15, 0.2) is 41.6 Å². The first kappa shape index (κ1) is 23.5. The van der Waals surface area contributed by atoms with Crippen LogP contribution in [-0.4, -0.2) is 26.8 Å². The number of hydrogen-bond donors (Lipinski definition) is 0. The zero-order chi connectivity index (χ0) is 23.5. The zero-order valence-corrected chi connectivity index (χ0v) is 20.8. The molecule has 1 aliphatic rings. The fourth-order valence-electron chi connectivity index (χ4n) is 3.85. The standard InChI is InChI=1S/C25H27ClN4O2S/c1-5-7-12-33-25-27-23-22(28-29-25)19-14-17(26)9-11-20(19)30(21(31)6-2)24(32-23)18-10-8-15(3)13-16(18)4/h8-11,13-14,24H,5-7,12H2,1-4H3/t24-/m1/s1. The van der Waals surface area contributed by atoms with Crippen molar-refractivity contribution in [2.24, 2.45) is 0 Å². The van der Waals surface area contributed by atoms with Crippen LogP contribution in [0, 0.1) is 13.8 Å². The molecule has 2 heterocycles. The van der Waals surface area contributed by atoms with Gasteiger partial charge in [0.2, 0.25) is 23.2 Å². The summed E-state index contributed by atoms with van der Waals surface area (Å²) in [6, 6.07) is 11.5. The first-order valence-electron chi connectivity index (χ1n) is 11.2. The molecular weight excluding hydrogens is 456 g/mol. The number of aromatic nitrogens is 3. The normalized spacial score (nSPS) is 14.8. The Labute approximate surface area is 203 Å². The van der Waals surface area contributed by atoms with Crippen LogP contribution in [0.3, 0.4) is 0 Å². The molecule has 0 spiro atoms. The fraction of sp³-hybridized carbons (Fsp3) is 0.360. The number of amides is 1. The van der Waals surface area contributed by atoms with Crippen molar-refractivity contribution in [3.63, 3.8) is 0 Å². The van der Waals surface area contributed by atoms with Gasteiger partial charge < -0.3 is 4.74 Å². The molecule has 1 aliphatic heterocycles. The minimum atomic E-state index is -0.690. The molecule has 8 heteroatoms. The summed E-state index contributed by atoms with van der Waals surface area (Å²) in [7, 11) is 0. The van der Waals surface area contributed by atoms with Crippen molar-refractivity contribution in [1.82, 2.24) is 15.2 Å². The highest BCUT2D eigenvalue weighted by molar-refractivity contribution is 7.99. The lowest BCUT2D eigenvalue weighted by molar-refractivity contribution is -0.120. The number of aryl methyl sites for hydroxylation is 2. The summed E-state index contributed by atoms with van der Waals surface area (Å²) in [5.41, 5.74) is 4.91. The van der Waals surface area contributed by atoms with Gasteiger partial charge in [-0.2, -0.15) is 4.98 Å². The van der Waals surface area contributed by atoms with Crippen molar-refractivity contribution in [2.75, 3.05) is 10.7 Å². The summed E-state index contributed by atoms with van der Waals surface area (Å²) in [5, 5.41) is 9.89. The summed E-state index contributed by atoms with van der Waals surface area (Å²) in [4.78, 5) is 19.7. The Bertz CT molecular complexity index is 1190. The lowest BCUT2D eigenvalue weighted by Gasteiger charge is -2.31. The van der Waals surface area contributed by atoms with Crippen molar-refractivity contribution in [3.8, 4) is 17.1 Å². The number of thioether (sulfide) groups is 1. The van der Waals surface area contributed by atoms with Crippen LogP contribution >= 0.6 is 23.4 Å². The van der Waals surface area contributed by atoms with E-state index in [9.17, 15) is 4.79 Å². The highest BCUT2D eigenvalue weighted by Crippen LogP contribution is 2.45. The molecule has 0 radical (unpaired) electrons. The number of benzene rings is 2. The third kappa shape index (κ3) is 4.84. The van der Waals surface area contributed by atoms with Gasteiger partial charge in [-0.1, -0.05) is 67.4 Å². The molecule has 1 amide bonds. The van der Waals surface area contributed by atoms with Crippen LogP contribution in [0.1, 0.15) is 56.0 Å². The predicted octanol–water partition coefficient (Wildman–Crippen LogP) is 6.54. The van der Waals surface area contributed by atoms with E-state index < -0.39 is 6.23 Å². The molecule has 4 rings (SSSR count). The van der Waals surface area contributed by atoms with Gasteiger partial charge in [0.1, 0.15) is 0 Å². The molecule has 3 aromatic rings. The van der Waals surface area contributed by atoms with Gasteiger partial charge in [-0.05, 0) is 44.0 Å². The monoisotopic (exact) mass is 482 g/mol. The highest BCUT2D eigenvalue weighted by atomic mass is 35.5. The van der Waals surface area contributed by atoms with Crippen LogP contribution in [0.5, 0.6) is 5.88 Å². The smallest absolute Gasteiger partial charge is 0.247 e. The number of carbonyl (C=O) groups excluding carboxylic acids is 1. The number of halogens is 1. The Kier molecular flexibility index (Phi) is 7.20. The van der Waals surface area contributed by atoms with Crippen molar-refractivity contribution in [3.05, 3.63) is 58.1 Å². The van der Waals surface area contributed by atoms with Gasteiger partial charge >= 0.3 is 0 Å². The minimum Gasteiger partial charge on any atom is -0.447 e. The summed E-state index contributed by atoms with van der Waals surface area (Å²) in [6.07, 6.45) is 1.79. The van der Waals surface area contributed by atoms with E-state index >= 15 is 0 Å². The van der Waals surface area contributed by atoms with Crippen LogP contribution in [-0.2, 0) is 4.79 Å². The molecule has 2 aromatic carbocycles. The molecule has 1 atom stereocenters. The number of fused-ring (bicyclic) bond motifs is 3. The molecule has 1 aromatic heterocycles. The van der Waals surface area contributed by atoms with Gasteiger partial charge in [0.25, 0.3) is 0 Å². The maximum Gasteiger partial charge on any atom is 0.247 e. The molecule has 0 N–H and O–H groups in total. The number of carbonyl (C=O) groups is 1. The molecule has 6 nitrogen and oxygen atoms in total. The van der Waals surface area contributed by atoms with E-state index in [2.05, 4.69) is 23.2 Å². The fourth-order valence-corrected chi connectivity index (χ4v) is 4.89. The summed E-state index contributed by atoms with van der Waals surface area (Å²) in [6.45, 7) is 8.06. The van der Waals surface area contributed by atoms with Crippen LogP contribution in [0.2, 0.25) is 5.02 Å². The Morgan fingerprint density at radius 3 is 2.70 bits per heavy atom. The van der Waals surface area contributed by atoms with Crippen molar-refractivity contribution in [2.45, 2.75) is 58.3 Å². The maximum atomic E-state index is 13.3. The quantitative estimate of drug-likeness (QED) is 0.293. The first-order valence-corrected chi connectivity index (χ1v) is 12.5. The van der Waals surface area contributed by atoms with Gasteiger partial charge in [-0.15, -0.1) is 10.2 Å². The second kappa shape index (κ2) is 10.1. The third-order valence-corrected chi connectivity index (χ3v) is 6.72. The number of hydrogen-bond acceptors (Lipinski definition) is 6. The van der Waals surface area contributed by atoms with Crippen molar-refractivity contribution < 1.29 is 9.53 Å². The van der Waals surface area contributed by atoms with E-state index in [1.165, 1.54) is 0 Å². The number of nitrogens with zero attached hydrogens (tertiary/aromatic N) is 4. The highest BCUT2D eigenvalue weighted by Gasteiger charge is 2.36. The molecule has 0 unspecified atom stereocenters. The number of ether oxygens (including phenoxy) is 1. The van der Waals surface area contributed by atoms with Crippen LogP contribution < -0.4 is 9.64 Å². The van der Waals surface area contributed by atoms with Gasteiger partial charge in [0, 0.05) is 28.3 Å². The number of unbranched alkanes of at least 4 members (excludes halogenated alkanes) is 1. The van der Waals surface area contributed by atoms with Crippen LogP contribution in [0.25, 0.3) is 11.3 Å². The lowest BCUT2D eigenvalue weighted by Crippen LogP contribution is -2.37. The maximum absolute atomic E-state index is 13.3. The summed E-state index contributed by atoms with van der Waals surface area (Å²) < 4.78 is 6.50. The molecule has 0 saturated heterocycles.